The van der Waals surface area contributed by atoms with Gasteiger partial charge in [0, 0.05) is 18.7 Å². The van der Waals surface area contributed by atoms with Crippen molar-refractivity contribution < 1.29 is 9.59 Å². The summed E-state index contributed by atoms with van der Waals surface area (Å²) >= 11 is 1.44. The van der Waals surface area contributed by atoms with Crippen LogP contribution in [0.25, 0.3) is 10.2 Å². The SMILES string of the molecule is Cc1ccc(N2C[C@H](NC(=O)Nc3nc4c(C)cccc4s3)CC2=O)cc1. The van der Waals surface area contributed by atoms with Gasteiger partial charge in [-0.2, -0.15) is 0 Å². The van der Waals surface area contributed by atoms with Crippen LogP contribution in [0, 0.1) is 13.8 Å². The topological polar surface area (TPSA) is 74.3 Å². The lowest BCUT2D eigenvalue weighted by Gasteiger charge is -2.17. The van der Waals surface area contributed by atoms with Crippen LogP contribution in [0.1, 0.15) is 17.5 Å². The number of urea groups is 1. The maximum atomic E-state index is 12.3. The summed E-state index contributed by atoms with van der Waals surface area (Å²) in [6.07, 6.45) is 0.292. The third-order valence-electron chi connectivity index (χ3n) is 4.65. The number of fused-ring (bicyclic) bond motifs is 1. The van der Waals surface area contributed by atoms with E-state index in [-0.39, 0.29) is 18.0 Å². The molecule has 2 N–H and O–H groups in total. The number of benzene rings is 2. The van der Waals surface area contributed by atoms with Crippen molar-refractivity contribution in [2.24, 2.45) is 0 Å². The monoisotopic (exact) mass is 380 g/mol. The van der Waals surface area contributed by atoms with Crippen LogP contribution >= 0.6 is 11.3 Å². The highest BCUT2D eigenvalue weighted by Crippen LogP contribution is 2.28. The molecule has 0 spiro atoms. The highest BCUT2D eigenvalue weighted by atomic mass is 32.1. The van der Waals surface area contributed by atoms with Crippen molar-refractivity contribution in [2.75, 3.05) is 16.8 Å². The zero-order chi connectivity index (χ0) is 19.0. The lowest BCUT2D eigenvalue weighted by atomic mass is 10.2. The van der Waals surface area contributed by atoms with E-state index in [1.165, 1.54) is 11.3 Å². The van der Waals surface area contributed by atoms with Crippen molar-refractivity contribution in [2.45, 2.75) is 26.3 Å². The van der Waals surface area contributed by atoms with Gasteiger partial charge >= 0.3 is 6.03 Å². The molecule has 0 radical (unpaired) electrons. The molecule has 3 amide bonds. The van der Waals surface area contributed by atoms with Crippen LogP contribution < -0.4 is 15.5 Å². The van der Waals surface area contributed by atoms with E-state index < -0.39 is 0 Å². The largest absolute Gasteiger partial charge is 0.333 e. The van der Waals surface area contributed by atoms with Crippen LogP contribution in [-0.2, 0) is 4.79 Å². The second-order valence-corrected chi connectivity index (χ2v) is 7.81. The van der Waals surface area contributed by atoms with Crippen molar-refractivity contribution in [3.63, 3.8) is 0 Å². The number of rotatable bonds is 3. The first-order valence-corrected chi connectivity index (χ1v) is 9.62. The van der Waals surface area contributed by atoms with E-state index in [9.17, 15) is 9.59 Å². The Hall–Kier alpha value is -2.93. The van der Waals surface area contributed by atoms with Crippen molar-refractivity contribution in [1.29, 1.82) is 0 Å². The molecule has 2 aromatic carbocycles. The lowest BCUT2D eigenvalue weighted by Crippen LogP contribution is -2.39. The van der Waals surface area contributed by atoms with Gasteiger partial charge in [0.15, 0.2) is 5.13 Å². The summed E-state index contributed by atoms with van der Waals surface area (Å²) in [5.41, 5.74) is 3.98. The zero-order valence-corrected chi connectivity index (χ0v) is 16.0. The number of aromatic nitrogens is 1. The molecule has 7 heteroatoms. The Morgan fingerprint density at radius 2 is 1.96 bits per heavy atom. The zero-order valence-electron chi connectivity index (χ0n) is 15.2. The third kappa shape index (κ3) is 3.64. The number of para-hydroxylation sites is 1. The Morgan fingerprint density at radius 1 is 1.19 bits per heavy atom. The number of carbonyl (C=O) groups is 2. The van der Waals surface area contributed by atoms with Gasteiger partial charge in [-0.15, -0.1) is 0 Å². The number of nitrogens with one attached hydrogen (secondary N) is 2. The van der Waals surface area contributed by atoms with Gasteiger partial charge in [0.1, 0.15) is 0 Å². The molecule has 6 nitrogen and oxygen atoms in total. The molecular formula is C20H20N4O2S. The fourth-order valence-corrected chi connectivity index (χ4v) is 4.18. The molecule has 1 aliphatic rings. The van der Waals surface area contributed by atoms with E-state index in [0.29, 0.717) is 18.1 Å². The fraction of sp³-hybridized carbons (Fsp3) is 0.250. The number of amides is 3. The molecule has 0 unspecified atom stereocenters. The van der Waals surface area contributed by atoms with Crippen molar-refractivity contribution in [1.82, 2.24) is 10.3 Å². The van der Waals surface area contributed by atoms with Crippen LogP contribution in [0.5, 0.6) is 0 Å². The molecule has 0 bridgehead atoms. The molecule has 1 aromatic heterocycles. The van der Waals surface area contributed by atoms with Crippen LogP contribution in [0.3, 0.4) is 0 Å². The van der Waals surface area contributed by atoms with Gasteiger partial charge in [-0.1, -0.05) is 41.2 Å². The normalized spacial score (nSPS) is 16.7. The molecule has 0 saturated carbocycles. The highest BCUT2D eigenvalue weighted by Gasteiger charge is 2.31. The highest BCUT2D eigenvalue weighted by molar-refractivity contribution is 7.22. The summed E-state index contributed by atoms with van der Waals surface area (Å²) in [5, 5.41) is 6.22. The molecule has 2 heterocycles. The Labute approximate surface area is 161 Å². The molecular weight excluding hydrogens is 360 g/mol. The van der Waals surface area contributed by atoms with Gasteiger partial charge in [0.05, 0.1) is 16.3 Å². The number of anilines is 2. The first-order valence-electron chi connectivity index (χ1n) is 8.80. The fourth-order valence-electron chi connectivity index (χ4n) is 3.24. The molecule has 3 aromatic rings. The van der Waals surface area contributed by atoms with Crippen LogP contribution in [0.2, 0.25) is 0 Å². The number of hydrogen-bond donors (Lipinski definition) is 2. The number of thiazole rings is 1. The number of carbonyl (C=O) groups excluding carboxylic acids is 2. The lowest BCUT2D eigenvalue weighted by molar-refractivity contribution is -0.117. The summed E-state index contributed by atoms with van der Waals surface area (Å²) < 4.78 is 1.03. The van der Waals surface area contributed by atoms with Crippen LogP contribution in [0.4, 0.5) is 15.6 Å². The summed E-state index contributed by atoms with van der Waals surface area (Å²) in [6.45, 7) is 4.47. The van der Waals surface area contributed by atoms with E-state index in [2.05, 4.69) is 15.6 Å². The maximum absolute atomic E-state index is 12.3. The Morgan fingerprint density at radius 3 is 2.70 bits per heavy atom. The Bertz CT molecular complexity index is 1010. The smallest absolute Gasteiger partial charge is 0.321 e. The minimum absolute atomic E-state index is 0.0137. The van der Waals surface area contributed by atoms with E-state index in [1.807, 2.05) is 56.3 Å². The second kappa shape index (κ2) is 7.00. The first-order chi connectivity index (χ1) is 13.0. The van der Waals surface area contributed by atoms with Crippen molar-refractivity contribution >= 4 is 44.3 Å². The maximum Gasteiger partial charge on any atom is 0.321 e. The predicted molar refractivity (Wildman–Crippen MR) is 108 cm³/mol. The first kappa shape index (κ1) is 17.5. The Kier molecular flexibility index (Phi) is 4.53. The summed E-state index contributed by atoms with van der Waals surface area (Å²) in [6, 6.07) is 13.2. The summed E-state index contributed by atoms with van der Waals surface area (Å²) in [5.74, 6) is 0.0137. The molecule has 4 rings (SSSR count). The molecule has 1 saturated heterocycles. The number of aryl methyl sites for hydroxylation is 2. The van der Waals surface area contributed by atoms with Gasteiger partial charge in [-0.3, -0.25) is 10.1 Å². The molecule has 27 heavy (non-hydrogen) atoms. The molecule has 1 atom stereocenters. The standard InChI is InChI=1S/C20H20N4O2S/c1-12-6-8-15(9-7-12)24-11-14(10-17(24)25)21-19(26)23-20-22-18-13(2)4-3-5-16(18)27-20/h3-9,14H,10-11H2,1-2H3,(H2,21,22,23,26)/t14-/m1/s1. The minimum atomic E-state index is -0.338. The van der Waals surface area contributed by atoms with Crippen molar-refractivity contribution in [3.05, 3.63) is 53.6 Å². The summed E-state index contributed by atoms with van der Waals surface area (Å²) in [7, 11) is 0. The number of hydrogen-bond acceptors (Lipinski definition) is 4. The van der Waals surface area contributed by atoms with E-state index in [4.69, 9.17) is 0 Å². The van der Waals surface area contributed by atoms with Gasteiger partial charge < -0.3 is 10.2 Å². The van der Waals surface area contributed by atoms with E-state index >= 15 is 0 Å². The van der Waals surface area contributed by atoms with Crippen molar-refractivity contribution in [3.8, 4) is 0 Å². The van der Waals surface area contributed by atoms with Gasteiger partial charge in [-0.05, 0) is 37.6 Å². The summed E-state index contributed by atoms with van der Waals surface area (Å²) in [4.78, 5) is 30.8. The molecule has 1 fully saturated rings. The van der Waals surface area contributed by atoms with Gasteiger partial charge in [0.25, 0.3) is 0 Å². The second-order valence-electron chi connectivity index (χ2n) is 6.78. The Balaban J connectivity index is 1.40. The average Bonchev–Trinajstić information content (AvgIpc) is 3.19. The quantitative estimate of drug-likeness (QED) is 0.725. The van der Waals surface area contributed by atoms with Crippen LogP contribution in [0.15, 0.2) is 42.5 Å². The van der Waals surface area contributed by atoms with Gasteiger partial charge in [-0.25, -0.2) is 9.78 Å². The van der Waals surface area contributed by atoms with Crippen LogP contribution in [-0.4, -0.2) is 29.5 Å². The molecule has 138 valence electrons. The molecule has 0 aliphatic carbocycles. The third-order valence-corrected chi connectivity index (χ3v) is 5.58. The average molecular weight is 380 g/mol. The van der Waals surface area contributed by atoms with Gasteiger partial charge in [0.2, 0.25) is 5.91 Å². The molecule has 1 aliphatic heterocycles. The minimum Gasteiger partial charge on any atom is -0.333 e. The number of nitrogens with zero attached hydrogens (tertiary/aromatic N) is 2. The predicted octanol–water partition coefficient (Wildman–Crippen LogP) is 3.84. The van der Waals surface area contributed by atoms with E-state index in [0.717, 1.165) is 27.0 Å². The van der Waals surface area contributed by atoms with E-state index in [1.54, 1.807) is 4.90 Å².